The van der Waals surface area contributed by atoms with Gasteiger partial charge in [0.05, 0.1) is 41.3 Å². The minimum absolute atomic E-state index is 0.0439. The quantitative estimate of drug-likeness (QED) is 0.175. The monoisotopic (exact) mass is 650 g/mol. The molecule has 2 nitrogen and oxygen atoms in total. The molecule has 0 amide bonds. The zero-order valence-corrected chi connectivity index (χ0v) is 26.3. The van der Waals surface area contributed by atoms with Crippen LogP contribution in [0, 0.1) is 0 Å². The summed E-state index contributed by atoms with van der Waals surface area (Å²) in [6, 6.07) is 25.8. The van der Waals surface area contributed by atoms with Crippen molar-refractivity contribution in [1.29, 1.82) is 0 Å². The van der Waals surface area contributed by atoms with Crippen molar-refractivity contribution in [2.75, 3.05) is 0 Å². The number of hydrogen-bond donors (Lipinski definition) is 0. The molecule has 0 spiro atoms. The number of para-hydroxylation sites is 2. The predicted octanol–water partition coefficient (Wildman–Crippen LogP) is 12.9. The smallest absolute Gasteiger partial charge is 0.0645 e. The SMILES string of the molecule is [2H]c1c([2H])c([2H])c2c(c1[2H])c1c([2H])c(-c3c([2H])c([2H])c4c(c3[2H])c3c([2H])c([2H])c([2H])c([2H])c3n4-c3cccc(-c4ccccc4)c3)c([2H])c([2H])c1n2-c1ccc(-c2ccccc2)cc1. The van der Waals surface area contributed by atoms with E-state index in [2.05, 4.69) is 0 Å². The molecule has 0 fully saturated rings. The Balaban J connectivity index is 1.32. The van der Waals surface area contributed by atoms with Crippen LogP contribution in [0.3, 0.4) is 0 Å². The highest BCUT2D eigenvalue weighted by Crippen LogP contribution is 2.39. The van der Waals surface area contributed by atoms with Crippen LogP contribution in [0.4, 0.5) is 0 Å². The summed E-state index contributed by atoms with van der Waals surface area (Å²) in [5, 5.41) is -0.475. The van der Waals surface area contributed by atoms with Crippen molar-refractivity contribution in [2.24, 2.45) is 0 Å². The van der Waals surface area contributed by atoms with Gasteiger partial charge in [-0.3, -0.25) is 0 Å². The second kappa shape index (κ2) is 11.5. The number of nitrogens with zero attached hydrogens (tertiary/aromatic N) is 2. The van der Waals surface area contributed by atoms with Crippen molar-refractivity contribution in [3.63, 3.8) is 0 Å². The van der Waals surface area contributed by atoms with Crippen LogP contribution in [0.5, 0.6) is 0 Å². The molecule has 0 bridgehead atoms. The summed E-state index contributed by atoms with van der Waals surface area (Å²) in [5.74, 6) is 0. The highest BCUT2D eigenvalue weighted by atomic mass is 15.0. The first-order chi connectivity index (χ1) is 30.6. The van der Waals surface area contributed by atoms with Gasteiger partial charge < -0.3 is 9.13 Å². The predicted molar refractivity (Wildman–Crippen MR) is 211 cm³/mol. The van der Waals surface area contributed by atoms with Crippen LogP contribution in [-0.4, -0.2) is 9.13 Å². The summed E-state index contributed by atoms with van der Waals surface area (Å²) in [5.41, 5.74) is 3.11. The number of rotatable bonds is 5. The van der Waals surface area contributed by atoms with Crippen molar-refractivity contribution >= 4 is 43.6 Å². The molecule has 0 atom stereocenters. The highest BCUT2D eigenvalue weighted by molar-refractivity contribution is 6.12. The first-order valence-corrected chi connectivity index (χ1v) is 16.1. The van der Waals surface area contributed by atoms with Gasteiger partial charge in [-0.25, -0.2) is 0 Å². The fourth-order valence-electron chi connectivity index (χ4n) is 6.68. The van der Waals surface area contributed by atoms with Crippen molar-refractivity contribution in [1.82, 2.24) is 9.13 Å². The maximum absolute atomic E-state index is 9.82. The van der Waals surface area contributed by atoms with E-state index in [4.69, 9.17) is 11.0 Å². The average molecular weight is 651 g/mol. The number of fused-ring (bicyclic) bond motifs is 6. The minimum Gasteiger partial charge on any atom is -0.309 e. The van der Waals surface area contributed by atoms with E-state index in [0.29, 0.717) is 11.4 Å². The minimum atomic E-state index is -0.612. The summed E-state index contributed by atoms with van der Waals surface area (Å²) in [6.45, 7) is 0. The fraction of sp³-hybridized carbons (Fsp3) is 0. The molecule has 0 radical (unpaired) electrons. The Morgan fingerprint density at radius 1 is 0.320 bits per heavy atom. The summed E-state index contributed by atoms with van der Waals surface area (Å²) >= 11 is 0. The topological polar surface area (TPSA) is 9.86 Å². The molecule has 0 aliphatic heterocycles. The second-order valence-corrected chi connectivity index (χ2v) is 11.9. The Morgan fingerprint density at radius 2 is 0.780 bits per heavy atom. The molecule has 10 aromatic rings. The van der Waals surface area contributed by atoms with Crippen LogP contribution < -0.4 is 0 Å². The van der Waals surface area contributed by atoms with Crippen LogP contribution >= 0.6 is 0 Å². The zero-order chi connectivity index (χ0) is 45.2. The Labute approximate surface area is 310 Å². The van der Waals surface area contributed by atoms with Crippen LogP contribution in [-0.2, 0) is 0 Å². The maximum atomic E-state index is 9.82. The van der Waals surface area contributed by atoms with E-state index in [9.17, 15) is 8.22 Å². The highest BCUT2D eigenvalue weighted by Gasteiger charge is 2.16. The third kappa shape index (κ3) is 4.57. The van der Waals surface area contributed by atoms with Crippen molar-refractivity contribution in [3.8, 4) is 44.8 Å². The standard InChI is InChI=1S/C48H32N2/c1-3-12-33(13-4-1)35-22-26-39(27-23-35)49-45-20-9-7-18-41(45)43-31-37(24-28-47(43)49)38-25-29-48-44(32-38)42-19-8-10-21-46(42)50(48)40-17-11-16-36(30-40)34-14-5-2-6-15-34/h1-32H/i7D,8D,9D,10D,18D,19D,20D,21D,24D,25D,28D,29D,31D,32D. The van der Waals surface area contributed by atoms with Gasteiger partial charge in [0.25, 0.3) is 0 Å². The molecule has 0 unspecified atom stereocenters. The lowest BCUT2D eigenvalue weighted by atomic mass is 10.0. The van der Waals surface area contributed by atoms with Crippen molar-refractivity contribution in [3.05, 3.63) is 194 Å². The fourth-order valence-corrected chi connectivity index (χ4v) is 6.68. The van der Waals surface area contributed by atoms with E-state index in [1.165, 1.54) is 9.13 Å². The van der Waals surface area contributed by atoms with Crippen LogP contribution in [0.2, 0.25) is 0 Å². The van der Waals surface area contributed by atoms with Crippen LogP contribution in [0.25, 0.3) is 88.4 Å². The van der Waals surface area contributed by atoms with E-state index >= 15 is 0 Å². The molecule has 2 heteroatoms. The first-order valence-electron chi connectivity index (χ1n) is 23.1. The van der Waals surface area contributed by atoms with Crippen molar-refractivity contribution in [2.45, 2.75) is 0 Å². The largest absolute Gasteiger partial charge is 0.309 e. The van der Waals surface area contributed by atoms with E-state index in [-0.39, 0.29) is 43.6 Å². The number of aromatic nitrogens is 2. The zero-order valence-electron chi connectivity index (χ0n) is 40.3. The Kier molecular flexibility index (Phi) is 4.07. The molecule has 0 saturated carbocycles. The lowest BCUT2D eigenvalue weighted by Crippen LogP contribution is -1.94. The van der Waals surface area contributed by atoms with Crippen LogP contribution in [0.1, 0.15) is 19.2 Å². The van der Waals surface area contributed by atoms with Gasteiger partial charge in [-0.05, 0) is 93.9 Å². The molecular formula is C48H32N2. The normalized spacial score (nSPS) is 15.5. The second-order valence-electron chi connectivity index (χ2n) is 11.9. The lowest BCUT2D eigenvalue weighted by Gasteiger charge is -2.11. The molecule has 234 valence electrons. The van der Waals surface area contributed by atoms with Gasteiger partial charge in [-0.1, -0.05) is 133 Å². The van der Waals surface area contributed by atoms with E-state index in [1.807, 2.05) is 78.9 Å². The molecule has 10 rings (SSSR count). The molecule has 50 heavy (non-hydrogen) atoms. The lowest BCUT2D eigenvalue weighted by molar-refractivity contribution is 1.18. The Morgan fingerprint density at radius 3 is 1.36 bits per heavy atom. The first kappa shape index (κ1) is 17.7. The molecule has 0 aliphatic carbocycles. The van der Waals surface area contributed by atoms with E-state index in [0.717, 1.165) is 22.3 Å². The third-order valence-corrected chi connectivity index (χ3v) is 9.01. The molecule has 0 N–H and O–H groups in total. The molecule has 0 saturated heterocycles. The van der Waals surface area contributed by atoms with Gasteiger partial charge in [-0.2, -0.15) is 0 Å². The van der Waals surface area contributed by atoms with E-state index in [1.54, 1.807) is 30.3 Å². The Bertz CT molecular complexity index is 3640. The molecule has 2 aromatic heterocycles. The average Bonchev–Trinajstić information content (AvgIpc) is 3.88. The van der Waals surface area contributed by atoms with Gasteiger partial charge in [0, 0.05) is 32.9 Å². The summed E-state index contributed by atoms with van der Waals surface area (Å²) < 4.78 is 132. The summed E-state index contributed by atoms with van der Waals surface area (Å²) in [4.78, 5) is 0. The Hall–Kier alpha value is -6.64. The van der Waals surface area contributed by atoms with Gasteiger partial charge in [0.2, 0.25) is 0 Å². The van der Waals surface area contributed by atoms with Gasteiger partial charge >= 0.3 is 0 Å². The van der Waals surface area contributed by atoms with E-state index < -0.39 is 95.7 Å². The van der Waals surface area contributed by atoms with Gasteiger partial charge in [0.1, 0.15) is 0 Å². The third-order valence-electron chi connectivity index (χ3n) is 9.01. The molecule has 0 aliphatic rings. The molecular weight excluding hydrogens is 605 g/mol. The molecule has 2 heterocycles. The summed E-state index contributed by atoms with van der Waals surface area (Å²) in [7, 11) is 0. The number of benzene rings is 8. The maximum Gasteiger partial charge on any atom is 0.0645 e. The molecule has 8 aromatic carbocycles. The van der Waals surface area contributed by atoms with Crippen molar-refractivity contribution < 1.29 is 19.2 Å². The summed E-state index contributed by atoms with van der Waals surface area (Å²) in [6.07, 6.45) is 0. The van der Waals surface area contributed by atoms with Gasteiger partial charge in [0.15, 0.2) is 0 Å². The number of hydrogen-bond acceptors (Lipinski definition) is 0. The van der Waals surface area contributed by atoms with Crippen LogP contribution in [0.15, 0.2) is 194 Å². The van der Waals surface area contributed by atoms with Gasteiger partial charge in [-0.15, -0.1) is 0 Å².